The maximum Gasteiger partial charge on any atom is 1.00 e. The Balaban J connectivity index is 0.000000260. The van der Waals surface area contributed by atoms with Gasteiger partial charge in [-0.2, -0.15) is 0 Å². The summed E-state index contributed by atoms with van der Waals surface area (Å²) in [6, 6.07) is 35.6. The number of halogens is 4. The van der Waals surface area contributed by atoms with Crippen molar-refractivity contribution in [3.63, 3.8) is 0 Å². The molecule has 0 bridgehead atoms. The van der Waals surface area contributed by atoms with E-state index in [4.69, 9.17) is 80.5 Å². The summed E-state index contributed by atoms with van der Waals surface area (Å²) in [5.74, 6) is -2.94. The second-order valence-corrected chi connectivity index (χ2v) is 36.0. The number of nitrogens with zero attached hydrogens (tertiary/aromatic N) is 4. The minimum absolute atomic E-state index is 0. The first-order chi connectivity index (χ1) is 63.9. The van der Waals surface area contributed by atoms with E-state index < -0.39 is 48.9 Å². The number of unbranched alkanes of at least 4 members (excludes halogenated alkanes) is 2. The van der Waals surface area contributed by atoms with Crippen LogP contribution in [-0.2, 0) is 109 Å². The number of fused-ring (bicyclic) bond motifs is 4. The largest absolute Gasteiger partial charge is 1.00 e. The summed E-state index contributed by atoms with van der Waals surface area (Å²) in [5.41, 5.74) is 8.03. The molecule has 0 amide bonds. The molecule has 28 heteroatoms. The predicted octanol–water partition coefficient (Wildman–Crippen LogP) is 21.8. The third-order valence-electron chi connectivity index (χ3n) is 21.2. The number of ether oxygens (including phenoxy) is 4. The first-order valence-corrected chi connectivity index (χ1v) is 49.2. The molecule has 0 aliphatic carbocycles. The van der Waals surface area contributed by atoms with E-state index in [1.807, 2.05) is 83.8 Å². The molecule has 4 aromatic carbocycles. The number of hydrogen-bond donors (Lipinski definition) is 2. The standard InChI is InChI=1S/C36H44ClNO4S.C20H30O2.2C16H16ClNO2S.C15H14ClNO2S.CH2O3.Na/c1-2-3-4-5-6-7-8-9-10-11-12-13-14-15-16-17-18-23-34(39)41-29-42-36(40)35(31-21-19-20-22-32(31)37)38-26-24-33-30(28-38)25-27-43-33;1-2-3-4-5-6-7-8-9-10-11-12-13-14-15-16-17-18-19-20(21)22;2*1-20-16(19)15(12-4-2-3-5-13(12)17)18-8-6-14-11(10-18)7-9-21-14;16-12-4-2-1-3-11(12)14(15(18)19)17-7-5-13-10(9-17)6-8-20-13;2-1-4-3;/h3-4,6-7,9-10,12-13,15-16,19-22,25,27,35H,2,5,8,11,14,17-18,23-24,26,28-29H2,1H3;3-4,6-7,9-10,12-13,15-16H,2,5,8,11,14,17-19H2,1H3,(H,21,22);2*2-5,7,9,15H,6,8,10H2,1H3;1-4,6,8,14H,5,7,9H2,(H,18,19);1,3H;/q;;;;;;+1/p-1/b2*4-3-,7-6-,10-9-,13-12-,16-15-;;;;;/t35-;;2*15-;14-;;/m0.000../s1. The average molecular weight is 1960 g/mol. The van der Waals surface area contributed by atoms with E-state index in [-0.39, 0.29) is 66.8 Å². The molecule has 0 radical (unpaired) electrons. The molecule has 700 valence electrons. The van der Waals surface area contributed by atoms with Crippen molar-refractivity contribution in [2.45, 2.75) is 193 Å². The van der Waals surface area contributed by atoms with Crippen LogP contribution >= 0.6 is 91.8 Å². The predicted molar refractivity (Wildman–Crippen MR) is 531 cm³/mol. The number of allylic oxidation sites excluding steroid dienone is 20. The zero-order chi connectivity index (χ0) is 94.0. The number of thiophene rings is 4. The average Bonchev–Trinajstić information content (AvgIpc) is 1.37. The molecular weight excluding hydrogens is 1840 g/mol. The number of carbonyl (C=O) groups excluding carboxylic acids is 5. The van der Waals surface area contributed by atoms with Gasteiger partial charge >= 0.3 is 65.4 Å². The van der Waals surface area contributed by atoms with Crippen molar-refractivity contribution >= 4 is 134 Å². The summed E-state index contributed by atoms with van der Waals surface area (Å²) in [4.78, 5) is 97.1. The molecule has 0 spiro atoms. The summed E-state index contributed by atoms with van der Waals surface area (Å²) in [7, 11) is 2.85. The van der Waals surface area contributed by atoms with Crippen LogP contribution in [0, 0.1) is 0 Å². The molecule has 4 aliphatic rings. The maximum absolute atomic E-state index is 13.2. The Morgan fingerprint density at radius 2 is 0.652 bits per heavy atom. The zero-order valence-electron chi connectivity index (χ0n) is 75.9. The van der Waals surface area contributed by atoms with E-state index >= 15 is 0 Å². The van der Waals surface area contributed by atoms with Crippen molar-refractivity contribution in [1.29, 1.82) is 0 Å². The van der Waals surface area contributed by atoms with Crippen LogP contribution < -0.4 is 34.8 Å². The van der Waals surface area contributed by atoms with Gasteiger partial charge in [0.2, 0.25) is 6.79 Å². The van der Waals surface area contributed by atoms with E-state index in [0.29, 0.717) is 57.3 Å². The normalized spacial score (nSPS) is 14.8. The molecule has 2 N–H and O–H groups in total. The Morgan fingerprint density at radius 1 is 0.386 bits per heavy atom. The van der Waals surface area contributed by atoms with Gasteiger partial charge in [-0.25, -0.2) is 14.4 Å². The minimum atomic E-state index is -0.850. The van der Waals surface area contributed by atoms with Crippen LogP contribution in [0.2, 0.25) is 20.1 Å². The molecule has 8 heterocycles. The van der Waals surface area contributed by atoms with Crippen LogP contribution in [0.3, 0.4) is 0 Å². The summed E-state index contributed by atoms with van der Waals surface area (Å²) >= 11 is 32.3. The first-order valence-electron chi connectivity index (χ1n) is 44.2. The van der Waals surface area contributed by atoms with Crippen molar-refractivity contribution in [1.82, 2.24) is 19.6 Å². The molecule has 0 fully saturated rings. The van der Waals surface area contributed by atoms with Gasteiger partial charge in [-0.1, -0.05) is 255 Å². The molecule has 12 rings (SSSR count). The quantitative estimate of drug-likeness (QED) is 0.00416. The van der Waals surface area contributed by atoms with Gasteiger partial charge in [0.05, 0.1) is 14.2 Å². The molecule has 4 aliphatic heterocycles. The monoisotopic (exact) mass is 1960 g/mol. The number of benzene rings is 4. The molecule has 4 aromatic heterocycles. The van der Waals surface area contributed by atoms with Gasteiger partial charge < -0.3 is 39.3 Å². The molecule has 132 heavy (non-hydrogen) atoms. The van der Waals surface area contributed by atoms with Gasteiger partial charge in [-0.15, -0.1) is 45.3 Å². The molecular formula is C104H121Cl4N4NaO15S4. The Kier molecular flexibility index (Phi) is 56.6. The summed E-state index contributed by atoms with van der Waals surface area (Å²) in [6.07, 6.45) is 60.4. The number of esters is 4. The van der Waals surface area contributed by atoms with E-state index in [1.165, 1.54) is 56.0 Å². The summed E-state index contributed by atoms with van der Waals surface area (Å²) < 4.78 is 20.7. The number of rotatable bonds is 41. The molecule has 0 unspecified atom stereocenters. The third-order valence-corrected chi connectivity index (χ3v) is 26.7. The number of hydrogen-bond acceptors (Lipinski definition) is 21. The van der Waals surface area contributed by atoms with Crippen molar-refractivity contribution in [3.05, 3.63) is 348 Å². The van der Waals surface area contributed by atoms with E-state index in [0.717, 1.165) is 153 Å². The van der Waals surface area contributed by atoms with Crippen LogP contribution in [0.25, 0.3) is 0 Å². The van der Waals surface area contributed by atoms with E-state index in [9.17, 15) is 33.9 Å². The van der Waals surface area contributed by atoms with Crippen molar-refractivity contribution in [2.24, 2.45) is 0 Å². The molecule has 0 saturated carbocycles. The molecule has 0 saturated heterocycles. The number of carboxylic acids is 2. The van der Waals surface area contributed by atoms with Crippen LogP contribution in [0.15, 0.2) is 264 Å². The van der Waals surface area contributed by atoms with Crippen LogP contribution in [0.1, 0.15) is 205 Å². The van der Waals surface area contributed by atoms with Gasteiger partial charge in [0.1, 0.15) is 24.2 Å². The van der Waals surface area contributed by atoms with Crippen LogP contribution in [-0.4, -0.2) is 119 Å². The number of methoxy groups -OCH3 is 2. The van der Waals surface area contributed by atoms with Gasteiger partial charge in [0, 0.05) is 105 Å². The summed E-state index contributed by atoms with van der Waals surface area (Å²) in [5, 5.41) is 37.1. The van der Waals surface area contributed by atoms with Crippen molar-refractivity contribution in [2.75, 3.05) is 47.2 Å². The van der Waals surface area contributed by atoms with Crippen molar-refractivity contribution < 1.29 is 102 Å². The Labute approximate surface area is 837 Å². The molecule has 8 aromatic rings. The topological polar surface area (TPSA) is 242 Å². The van der Waals surface area contributed by atoms with Gasteiger partial charge in [-0.05, 0) is 230 Å². The fraction of sp³-hybridized carbons (Fsp3) is 0.356. The smallest absolute Gasteiger partial charge is 0.662 e. The van der Waals surface area contributed by atoms with E-state index in [1.54, 1.807) is 63.5 Å². The first kappa shape index (κ1) is 112. The second kappa shape index (κ2) is 66.7. The van der Waals surface area contributed by atoms with Gasteiger partial charge in [0.25, 0.3) is 6.47 Å². The third kappa shape index (κ3) is 40.5. The van der Waals surface area contributed by atoms with Gasteiger partial charge in [0.15, 0.2) is 0 Å². The number of carbonyl (C=O) groups is 7. The van der Waals surface area contributed by atoms with Crippen molar-refractivity contribution in [3.8, 4) is 0 Å². The second-order valence-electron chi connectivity index (χ2n) is 30.3. The summed E-state index contributed by atoms with van der Waals surface area (Å²) in [6.45, 7) is 9.64. The Bertz CT molecular complexity index is 4990. The van der Waals surface area contributed by atoms with E-state index in [2.05, 4.69) is 201 Å². The van der Waals surface area contributed by atoms with Gasteiger partial charge in [-0.3, -0.25) is 38.8 Å². The fourth-order valence-corrected chi connectivity index (χ4v) is 19.2. The number of carboxylic acid groups (broad SMARTS) is 2. The zero-order valence-corrected chi connectivity index (χ0v) is 84.2. The Morgan fingerprint density at radius 3 is 0.924 bits per heavy atom. The molecule has 19 nitrogen and oxygen atoms in total. The van der Waals surface area contributed by atoms with Crippen LogP contribution in [0.5, 0.6) is 0 Å². The SMILES string of the molecule is CC/C=C\C/C=C\C/C=C\C/C=C\C/C=C\CCCC(=O)O.CC/C=C\C/C=C\C/C=C\C/C=C\C/C=C\CCCC(=O)OCOC(=O)[C@H](c1ccccc1Cl)N1CCc2sccc2C1.COC(=O)[C@H](c1ccccc1Cl)N1CCc2sccc2C1.COC(=O)[C@H](c1ccccc1Cl)N1CCc2sccc2C1.O=C(O)[C@H](c1ccccc1Cl)N1CCc2sccc2C1.O=CO[O-].[Na+]. The Hall–Kier alpha value is -8.67. The number of aliphatic carboxylic acids is 2. The molecule has 4 atom stereocenters. The minimum Gasteiger partial charge on any atom is -0.662 e. The van der Waals surface area contributed by atoms with Crippen LogP contribution in [0.4, 0.5) is 0 Å². The maximum atomic E-state index is 13.2. The fourth-order valence-electron chi connectivity index (χ4n) is 14.7.